The van der Waals surface area contributed by atoms with Crippen molar-refractivity contribution in [1.29, 1.82) is 0 Å². The van der Waals surface area contributed by atoms with E-state index in [-0.39, 0.29) is 17.8 Å². The number of nitrogens with one attached hydrogen (secondary N) is 2. The molecule has 4 heterocycles. The van der Waals surface area contributed by atoms with Crippen LogP contribution in [0.15, 0.2) is 41.4 Å². The van der Waals surface area contributed by atoms with Crippen LogP contribution in [0.25, 0.3) is 11.0 Å². The molecule has 1 amide bonds. The second-order valence-electron chi connectivity index (χ2n) is 8.87. The summed E-state index contributed by atoms with van der Waals surface area (Å²) in [5.74, 6) is 0.495. The van der Waals surface area contributed by atoms with Gasteiger partial charge >= 0.3 is 0 Å². The van der Waals surface area contributed by atoms with Gasteiger partial charge < -0.3 is 25.4 Å². The highest BCUT2D eigenvalue weighted by molar-refractivity contribution is 8.00. The van der Waals surface area contributed by atoms with Gasteiger partial charge in [-0.05, 0) is 50.2 Å². The third-order valence-electron chi connectivity index (χ3n) is 6.54. The fourth-order valence-electron chi connectivity index (χ4n) is 4.61. The molecule has 1 aromatic carbocycles. The number of halogens is 1. The summed E-state index contributed by atoms with van der Waals surface area (Å²) in [5, 5.41) is 17.2. The third kappa shape index (κ3) is 5.40. The number of thioether (sulfide) groups is 1. The predicted molar refractivity (Wildman–Crippen MR) is 133 cm³/mol. The van der Waals surface area contributed by atoms with Crippen molar-refractivity contribution in [2.24, 2.45) is 0 Å². The van der Waals surface area contributed by atoms with E-state index in [1.165, 1.54) is 17.8 Å². The highest BCUT2D eigenvalue weighted by Crippen LogP contribution is 2.33. The summed E-state index contributed by atoms with van der Waals surface area (Å²) in [6.07, 6.45) is 2.79. The number of fused-ring (bicyclic) bond motifs is 2. The fraction of sp³-hybridized carbons (Fsp3) is 0.400. The minimum Gasteiger partial charge on any atom is -0.481 e. The first-order valence-electron chi connectivity index (χ1n) is 11.7. The molecule has 0 radical (unpaired) electrons. The van der Waals surface area contributed by atoms with Crippen LogP contribution >= 0.6 is 11.8 Å². The van der Waals surface area contributed by atoms with Crippen LogP contribution in [0.2, 0.25) is 0 Å². The molecule has 1 atom stereocenters. The minimum atomic E-state index is -0.692. The van der Waals surface area contributed by atoms with Gasteiger partial charge in [0, 0.05) is 47.4 Å². The molecule has 0 bridgehead atoms. The number of hydrogen-bond acceptors (Lipinski definition) is 8. The highest BCUT2D eigenvalue weighted by Gasteiger charge is 2.24. The molecule has 2 aromatic heterocycles. The van der Waals surface area contributed by atoms with Crippen LogP contribution in [0.1, 0.15) is 30.1 Å². The SMILES string of the molecule is COc1ccc2nccc(C(O)CN3CCC(NCc4cc5c(cc4F)SCC(=O)N5)CC3)c2n1. The van der Waals surface area contributed by atoms with Gasteiger partial charge in [0.25, 0.3) is 0 Å². The molecular formula is C25H28FN5O3S. The molecule has 0 spiro atoms. The lowest BCUT2D eigenvalue weighted by atomic mass is 10.0. The first kappa shape index (κ1) is 23.9. The molecule has 1 fully saturated rings. The molecule has 184 valence electrons. The lowest BCUT2D eigenvalue weighted by molar-refractivity contribution is -0.113. The number of β-amino-alcohol motifs (C(OH)–C–C–N with tert-alkyl or cyclic N) is 1. The molecule has 2 aliphatic rings. The smallest absolute Gasteiger partial charge is 0.234 e. The number of methoxy groups -OCH3 is 1. The number of nitrogens with zero attached hydrogens (tertiary/aromatic N) is 3. The number of anilines is 1. The number of amides is 1. The summed E-state index contributed by atoms with van der Waals surface area (Å²) in [6, 6.07) is 8.90. The lowest BCUT2D eigenvalue weighted by Gasteiger charge is -2.33. The topological polar surface area (TPSA) is 99.6 Å². The maximum atomic E-state index is 14.5. The van der Waals surface area contributed by atoms with Crippen molar-refractivity contribution < 1.29 is 19.0 Å². The second kappa shape index (κ2) is 10.4. The fourth-order valence-corrected chi connectivity index (χ4v) is 5.42. The van der Waals surface area contributed by atoms with E-state index in [0.717, 1.165) is 41.9 Å². The summed E-state index contributed by atoms with van der Waals surface area (Å²) in [5.41, 5.74) is 3.35. The number of ether oxygens (including phenoxy) is 1. The summed E-state index contributed by atoms with van der Waals surface area (Å²) < 4.78 is 19.8. The van der Waals surface area contributed by atoms with E-state index in [0.29, 0.717) is 41.5 Å². The Bertz CT molecular complexity index is 1240. The Kier molecular flexibility index (Phi) is 7.14. The first-order chi connectivity index (χ1) is 17.0. The number of hydrogen-bond donors (Lipinski definition) is 3. The van der Waals surface area contributed by atoms with Crippen LogP contribution < -0.4 is 15.4 Å². The maximum absolute atomic E-state index is 14.5. The quantitative estimate of drug-likeness (QED) is 0.458. The van der Waals surface area contributed by atoms with Crippen molar-refractivity contribution in [2.75, 3.05) is 37.8 Å². The molecular weight excluding hydrogens is 469 g/mol. The van der Waals surface area contributed by atoms with Crippen molar-refractivity contribution in [3.05, 3.63) is 53.5 Å². The number of rotatable bonds is 7. The largest absolute Gasteiger partial charge is 0.481 e. The van der Waals surface area contributed by atoms with Crippen LogP contribution in [0, 0.1) is 5.82 Å². The van der Waals surface area contributed by atoms with Crippen LogP contribution in [0.5, 0.6) is 5.88 Å². The molecule has 8 nitrogen and oxygen atoms in total. The van der Waals surface area contributed by atoms with Gasteiger partial charge in [-0.15, -0.1) is 11.8 Å². The van der Waals surface area contributed by atoms with Gasteiger partial charge in [-0.25, -0.2) is 9.37 Å². The number of aliphatic hydroxyl groups is 1. The molecule has 0 aliphatic carbocycles. The van der Waals surface area contributed by atoms with Gasteiger partial charge in [0.2, 0.25) is 11.8 Å². The highest BCUT2D eigenvalue weighted by atomic mass is 32.2. The number of piperidine rings is 1. The van der Waals surface area contributed by atoms with Crippen molar-refractivity contribution in [3.8, 4) is 5.88 Å². The number of benzene rings is 1. The monoisotopic (exact) mass is 497 g/mol. The normalized spacial score (nSPS) is 17.7. The van der Waals surface area contributed by atoms with E-state index < -0.39 is 6.10 Å². The van der Waals surface area contributed by atoms with E-state index in [1.807, 2.05) is 12.1 Å². The molecule has 10 heteroatoms. The van der Waals surface area contributed by atoms with Gasteiger partial charge in [0.15, 0.2) is 0 Å². The van der Waals surface area contributed by atoms with Crippen molar-refractivity contribution in [1.82, 2.24) is 20.2 Å². The summed E-state index contributed by atoms with van der Waals surface area (Å²) in [6.45, 7) is 2.56. The van der Waals surface area contributed by atoms with Crippen molar-refractivity contribution in [3.63, 3.8) is 0 Å². The zero-order valence-corrected chi connectivity index (χ0v) is 20.3. The molecule has 3 aromatic rings. The molecule has 0 saturated carbocycles. The second-order valence-corrected chi connectivity index (χ2v) is 9.89. The Morgan fingerprint density at radius 1 is 1.31 bits per heavy atom. The van der Waals surface area contributed by atoms with Gasteiger partial charge in [0.05, 0.1) is 35.7 Å². The molecule has 1 saturated heterocycles. The Hall–Kier alpha value is -2.79. The van der Waals surface area contributed by atoms with Crippen LogP contribution in [0.3, 0.4) is 0 Å². The molecule has 2 aliphatic heterocycles. The average molecular weight is 498 g/mol. The number of pyridine rings is 2. The van der Waals surface area contributed by atoms with E-state index in [4.69, 9.17) is 4.74 Å². The summed E-state index contributed by atoms with van der Waals surface area (Å²) in [4.78, 5) is 23.5. The van der Waals surface area contributed by atoms with Crippen LogP contribution in [-0.2, 0) is 11.3 Å². The van der Waals surface area contributed by atoms with Crippen LogP contribution in [0.4, 0.5) is 10.1 Å². The van der Waals surface area contributed by atoms with Crippen LogP contribution in [-0.4, -0.2) is 64.4 Å². The van der Waals surface area contributed by atoms with Gasteiger partial charge in [-0.3, -0.25) is 9.78 Å². The molecule has 3 N–H and O–H groups in total. The Morgan fingerprint density at radius 3 is 2.94 bits per heavy atom. The third-order valence-corrected chi connectivity index (χ3v) is 7.59. The van der Waals surface area contributed by atoms with Gasteiger partial charge in [-0.1, -0.05) is 0 Å². The van der Waals surface area contributed by atoms with Gasteiger partial charge in [-0.2, -0.15) is 0 Å². The van der Waals surface area contributed by atoms with Crippen molar-refractivity contribution in [2.45, 2.75) is 36.4 Å². The molecule has 35 heavy (non-hydrogen) atoms. The Morgan fingerprint density at radius 2 is 2.14 bits per heavy atom. The summed E-state index contributed by atoms with van der Waals surface area (Å²) in [7, 11) is 1.57. The standard InChI is InChI=1S/C25H28FN5O3S/c1-34-24-3-2-19-25(30-24)17(4-7-27-19)21(32)13-31-8-5-16(6-9-31)28-12-15-10-20-22(11-18(15)26)35-14-23(33)29-20/h2-4,7,10-11,16,21,28,32H,5-6,8-9,12-14H2,1H3,(H,29,33). The van der Waals surface area contributed by atoms with E-state index in [9.17, 15) is 14.3 Å². The number of carbonyl (C=O) groups is 1. The predicted octanol–water partition coefficient (Wildman–Crippen LogP) is 3.11. The van der Waals surface area contributed by atoms with E-state index >= 15 is 0 Å². The number of aliphatic hydroxyl groups excluding tert-OH is 1. The average Bonchev–Trinajstić information content (AvgIpc) is 2.87. The Labute approximate surface area is 207 Å². The number of aromatic nitrogens is 2. The number of likely N-dealkylation sites (tertiary alicyclic amines) is 1. The van der Waals surface area contributed by atoms with E-state index in [2.05, 4.69) is 25.5 Å². The van der Waals surface area contributed by atoms with Gasteiger partial charge in [0.1, 0.15) is 5.82 Å². The maximum Gasteiger partial charge on any atom is 0.234 e. The first-order valence-corrected chi connectivity index (χ1v) is 12.7. The van der Waals surface area contributed by atoms with E-state index in [1.54, 1.807) is 25.4 Å². The number of carbonyl (C=O) groups excluding carboxylic acids is 1. The lowest BCUT2D eigenvalue weighted by Crippen LogP contribution is -2.43. The summed E-state index contributed by atoms with van der Waals surface area (Å²) >= 11 is 1.36. The minimum absolute atomic E-state index is 0.0581. The zero-order chi connectivity index (χ0) is 24.4. The zero-order valence-electron chi connectivity index (χ0n) is 19.5. The molecule has 5 rings (SSSR count). The van der Waals surface area contributed by atoms with Crippen molar-refractivity contribution >= 4 is 34.4 Å². The molecule has 1 unspecified atom stereocenters. The Balaban J connectivity index is 1.16.